The molecule has 0 aromatic heterocycles. The number of benzene rings is 2. The van der Waals surface area contributed by atoms with Crippen molar-refractivity contribution in [3.8, 4) is 6.07 Å². The van der Waals surface area contributed by atoms with Gasteiger partial charge in [0.2, 0.25) is 0 Å². The van der Waals surface area contributed by atoms with Crippen LogP contribution in [-0.2, 0) is 11.0 Å². The largest absolute Gasteiger partial charge is 0.416 e. The second-order valence-electron chi connectivity index (χ2n) is 6.02. The zero-order valence-electron chi connectivity index (χ0n) is 14.3. The topological polar surface area (TPSA) is 52.9 Å². The molecule has 0 aliphatic rings. The summed E-state index contributed by atoms with van der Waals surface area (Å²) in [6.07, 6.45) is -3.11. The van der Waals surface area contributed by atoms with Gasteiger partial charge in [-0.15, -0.1) is 0 Å². The number of amides is 1. The Balaban J connectivity index is 2.20. The molecular weight excluding hydrogens is 341 g/mol. The maximum Gasteiger partial charge on any atom is 0.416 e. The Morgan fingerprint density at radius 2 is 1.81 bits per heavy atom. The van der Waals surface area contributed by atoms with E-state index < -0.39 is 17.6 Å². The third-order valence-corrected chi connectivity index (χ3v) is 3.73. The summed E-state index contributed by atoms with van der Waals surface area (Å²) < 4.78 is 38.2. The van der Waals surface area contributed by atoms with Gasteiger partial charge in [0.1, 0.15) is 11.6 Å². The Kier molecular flexibility index (Phi) is 5.83. The maximum atomic E-state index is 12.7. The Bertz CT molecular complexity index is 860. The number of rotatable bonds is 4. The molecule has 0 unspecified atom stereocenters. The molecule has 2 aromatic rings. The van der Waals surface area contributed by atoms with Crippen molar-refractivity contribution in [3.63, 3.8) is 0 Å². The summed E-state index contributed by atoms with van der Waals surface area (Å²) in [4.78, 5) is 12.2. The lowest BCUT2D eigenvalue weighted by atomic mass is 10.0. The number of halogens is 3. The first-order valence-electron chi connectivity index (χ1n) is 7.91. The average Bonchev–Trinajstić information content (AvgIpc) is 2.59. The number of nitrogens with zero attached hydrogens (tertiary/aromatic N) is 1. The van der Waals surface area contributed by atoms with E-state index in [2.05, 4.69) is 5.32 Å². The molecule has 0 heterocycles. The molecule has 3 nitrogen and oxygen atoms in total. The van der Waals surface area contributed by atoms with Gasteiger partial charge in [-0.2, -0.15) is 18.4 Å². The molecule has 1 N–H and O–H groups in total. The minimum absolute atomic E-state index is 0.0267. The number of carbonyl (C=O) groups excluding carboxylic acids is 1. The highest BCUT2D eigenvalue weighted by molar-refractivity contribution is 6.09. The fourth-order valence-corrected chi connectivity index (χ4v) is 2.26. The molecule has 0 saturated carbocycles. The zero-order valence-corrected chi connectivity index (χ0v) is 14.3. The standard InChI is InChI=1S/C20H17F3N2O/c1-13(2)15-8-6-14(7-9-15)10-16(12-24)19(26)25-18-5-3-4-17(11-18)20(21,22)23/h3-11,13H,1-2H3,(H,25,26). The number of anilines is 1. The van der Waals surface area contributed by atoms with E-state index in [1.807, 2.05) is 26.0 Å². The van der Waals surface area contributed by atoms with Crippen molar-refractivity contribution in [3.05, 3.63) is 70.8 Å². The first kappa shape index (κ1) is 19.3. The third kappa shape index (κ3) is 4.96. The number of nitriles is 1. The minimum atomic E-state index is -4.51. The maximum absolute atomic E-state index is 12.7. The van der Waals surface area contributed by atoms with Crippen LogP contribution in [0.3, 0.4) is 0 Å². The summed E-state index contributed by atoms with van der Waals surface area (Å²) in [6, 6.07) is 13.4. The van der Waals surface area contributed by atoms with Crippen molar-refractivity contribution < 1.29 is 18.0 Å². The molecule has 0 fully saturated rings. The van der Waals surface area contributed by atoms with E-state index in [1.54, 1.807) is 18.2 Å². The molecule has 2 aromatic carbocycles. The molecule has 0 bridgehead atoms. The fourth-order valence-electron chi connectivity index (χ4n) is 2.26. The fraction of sp³-hybridized carbons (Fsp3) is 0.200. The number of hydrogen-bond donors (Lipinski definition) is 1. The molecule has 0 aliphatic carbocycles. The van der Waals surface area contributed by atoms with Gasteiger partial charge in [0.25, 0.3) is 5.91 Å². The molecular formula is C20H17F3N2O. The molecule has 1 amide bonds. The third-order valence-electron chi connectivity index (χ3n) is 3.73. The molecule has 2 rings (SSSR count). The van der Waals surface area contributed by atoms with Gasteiger partial charge in [0.15, 0.2) is 0 Å². The smallest absolute Gasteiger partial charge is 0.321 e. The highest BCUT2D eigenvalue weighted by Gasteiger charge is 2.30. The monoisotopic (exact) mass is 358 g/mol. The lowest BCUT2D eigenvalue weighted by Gasteiger charge is -2.09. The van der Waals surface area contributed by atoms with Gasteiger partial charge in [0, 0.05) is 5.69 Å². The Morgan fingerprint density at radius 3 is 2.35 bits per heavy atom. The summed E-state index contributed by atoms with van der Waals surface area (Å²) in [5.74, 6) is -0.410. The van der Waals surface area contributed by atoms with Gasteiger partial charge in [-0.05, 0) is 41.3 Å². The second-order valence-corrected chi connectivity index (χ2v) is 6.02. The Labute approximate surface area is 149 Å². The van der Waals surface area contributed by atoms with E-state index in [0.29, 0.717) is 11.5 Å². The first-order valence-corrected chi connectivity index (χ1v) is 7.91. The normalized spacial score (nSPS) is 12.0. The van der Waals surface area contributed by atoms with Crippen LogP contribution in [0.2, 0.25) is 0 Å². The van der Waals surface area contributed by atoms with E-state index in [0.717, 1.165) is 17.7 Å². The highest BCUT2D eigenvalue weighted by Crippen LogP contribution is 2.30. The molecule has 26 heavy (non-hydrogen) atoms. The van der Waals surface area contributed by atoms with Gasteiger partial charge in [-0.25, -0.2) is 0 Å². The van der Waals surface area contributed by atoms with E-state index in [1.165, 1.54) is 18.2 Å². The quantitative estimate of drug-likeness (QED) is 0.590. The molecule has 0 spiro atoms. The van der Waals surface area contributed by atoms with Gasteiger partial charge >= 0.3 is 6.18 Å². The van der Waals surface area contributed by atoms with Crippen LogP contribution in [0, 0.1) is 11.3 Å². The summed E-state index contributed by atoms with van der Waals surface area (Å²) in [6.45, 7) is 4.10. The lowest BCUT2D eigenvalue weighted by molar-refractivity contribution is -0.137. The van der Waals surface area contributed by atoms with Crippen molar-refractivity contribution in [2.24, 2.45) is 0 Å². The SMILES string of the molecule is CC(C)c1ccc(C=C(C#N)C(=O)Nc2cccc(C(F)(F)F)c2)cc1. The average molecular weight is 358 g/mol. The summed E-state index contributed by atoms with van der Waals surface area (Å²) >= 11 is 0. The van der Waals surface area contributed by atoms with Crippen LogP contribution in [0.25, 0.3) is 6.08 Å². The summed E-state index contributed by atoms with van der Waals surface area (Å²) in [5.41, 5.74) is 0.683. The lowest BCUT2D eigenvalue weighted by Crippen LogP contribution is -2.14. The first-order chi connectivity index (χ1) is 12.2. The minimum Gasteiger partial charge on any atom is -0.321 e. The number of alkyl halides is 3. The van der Waals surface area contributed by atoms with Crippen molar-refractivity contribution in [2.45, 2.75) is 25.9 Å². The molecule has 6 heteroatoms. The van der Waals surface area contributed by atoms with Crippen LogP contribution < -0.4 is 5.32 Å². The number of carbonyl (C=O) groups is 1. The highest BCUT2D eigenvalue weighted by atomic mass is 19.4. The summed E-state index contributed by atoms with van der Waals surface area (Å²) in [7, 11) is 0. The number of nitrogens with one attached hydrogen (secondary N) is 1. The Hall–Kier alpha value is -3.07. The van der Waals surface area contributed by atoms with E-state index in [-0.39, 0.29) is 11.3 Å². The predicted molar refractivity (Wildman–Crippen MR) is 94.2 cm³/mol. The van der Waals surface area contributed by atoms with Crippen molar-refractivity contribution in [1.82, 2.24) is 0 Å². The van der Waals surface area contributed by atoms with Gasteiger partial charge < -0.3 is 5.32 Å². The predicted octanol–water partition coefficient (Wildman–Crippen LogP) is 5.37. The van der Waals surface area contributed by atoms with E-state index >= 15 is 0 Å². The van der Waals surface area contributed by atoms with Gasteiger partial charge in [-0.1, -0.05) is 44.2 Å². The van der Waals surface area contributed by atoms with Crippen molar-refractivity contribution >= 4 is 17.7 Å². The molecule has 134 valence electrons. The van der Waals surface area contributed by atoms with Crippen molar-refractivity contribution in [1.29, 1.82) is 5.26 Å². The summed E-state index contributed by atoms with van der Waals surface area (Å²) in [5, 5.41) is 11.5. The van der Waals surface area contributed by atoms with Gasteiger partial charge in [-0.3, -0.25) is 4.79 Å². The van der Waals surface area contributed by atoms with Crippen LogP contribution in [0.4, 0.5) is 18.9 Å². The van der Waals surface area contributed by atoms with Crippen LogP contribution in [-0.4, -0.2) is 5.91 Å². The Morgan fingerprint density at radius 1 is 1.15 bits per heavy atom. The molecule has 0 aliphatic heterocycles. The molecule has 0 radical (unpaired) electrons. The van der Waals surface area contributed by atoms with Gasteiger partial charge in [0.05, 0.1) is 5.56 Å². The zero-order chi connectivity index (χ0) is 19.3. The van der Waals surface area contributed by atoms with Crippen LogP contribution >= 0.6 is 0 Å². The molecule has 0 atom stereocenters. The van der Waals surface area contributed by atoms with Crippen molar-refractivity contribution in [2.75, 3.05) is 5.32 Å². The van der Waals surface area contributed by atoms with E-state index in [4.69, 9.17) is 0 Å². The van der Waals surface area contributed by atoms with Crippen LogP contribution in [0.15, 0.2) is 54.1 Å². The van der Waals surface area contributed by atoms with E-state index in [9.17, 15) is 23.2 Å². The number of hydrogen-bond acceptors (Lipinski definition) is 2. The van der Waals surface area contributed by atoms with Crippen LogP contribution in [0.1, 0.15) is 36.5 Å². The van der Waals surface area contributed by atoms with Crippen LogP contribution in [0.5, 0.6) is 0 Å². The molecule has 0 saturated heterocycles. The second kappa shape index (κ2) is 7.87.